The Morgan fingerprint density at radius 1 is 1.14 bits per heavy atom. The molecule has 3 N–H and O–H groups in total. The number of β-amino-alcohol motifs (C(OH)–C–C–N with tert-alkyl or cyclic N) is 1. The zero-order chi connectivity index (χ0) is 24.4. The number of amides is 1. The van der Waals surface area contributed by atoms with Crippen molar-refractivity contribution in [2.24, 2.45) is 0 Å². The fourth-order valence-corrected chi connectivity index (χ4v) is 5.51. The topological polar surface area (TPSA) is 94.5 Å². The lowest BCUT2D eigenvalue weighted by Gasteiger charge is -2.39. The Morgan fingerprint density at radius 2 is 1.91 bits per heavy atom. The quantitative estimate of drug-likeness (QED) is 0.536. The fraction of sp³-hybridized carbons (Fsp3) is 0.500. The second kappa shape index (κ2) is 10.3. The van der Waals surface area contributed by atoms with Crippen molar-refractivity contribution in [3.63, 3.8) is 0 Å². The number of aliphatic hydroxyl groups is 1. The minimum absolute atomic E-state index is 0.00618. The first-order valence-electron chi connectivity index (χ1n) is 12.3. The molecule has 3 aliphatic rings. The molecule has 2 saturated heterocycles. The Hall–Kier alpha value is -2.36. The molecule has 8 nitrogen and oxygen atoms in total. The molecule has 0 unspecified atom stereocenters. The van der Waals surface area contributed by atoms with Gasteiger partial charge in [0.1, 0.15) is 24.2 Å². The molecule has 0 aromatic heterocycles. The zero-order valence-electron chi connectivity index (χ0n) is 19.7. The van der Waals surface area contributed by atoms with Crippen LogP contribution in [0.4, 0.5) is 0 Å². The molecule has 1 amide bonds. The number of hydrogen-bond donors (Lipinski definition) is 3. The maximum atomic E-state index is 12.7. The van der Waals surface area contributed by atoms with Crippen molar-refractivity contribution in [2.45, 2.75) is 44.0 Å². The number of benzene rings is 2. The van der Waals surface area contributed by atoms with E-state index in [-0.39, 0.29) is 29.6 Å². The maximum absolute atomic E-state index is 12.7. The van der Waals surface area contributed by atoms with Crippen LogP contribution in [0.15, 0.2) is 36.4 Å². The van der Waals surface area contributed by atoms with Gasteiger partial charge in [-0.25, -0.2) is 5.01 Å². The van der Waals surface area contributed by atoms with Gasteiger partial charge >= 0.3 is 0 Å². The van der Waals surface area contributed by atoms with Crippen LogP contribution in [0.2, 0.25) is 5.02 Å². The van der Waals surface area contributed by atoms with E-state index in [4.69, 9.17) is 21.1 Å². The number of halogens is 1. The molecule has 188 valence electrons. The van der Waals surface area contributed by atoms with Gasteiger partial charge in [0.05, 0.1) is 17.8 Å². The molecular weight excluding hydrogens is 470 g/mol. The van der Waals surface area contributed by atoms with E-state index in [0.29, 0.717) is 18.7 Å². The van der Waals surface area contributed by atoms with E-state index in [9.17, 15) is 15.0 Å². The van der Waals surface area contributed by atoms with Gasteiger partial charge in [-0.05, 0) is 61.1 Å². The summed E-state index contributed by atoms with van der Waals surface area (Å²) in [6.07, 6.45) is 3.06. The van der Waals surface area contributed by atoms with Gasteiger partial charge in [0.2, 0.25) is 0 Å². The van der Waals surface area contributed by atoms with E-state index in [1.54, 1.807) is 6.07 Å². The maximum Gasteiger partial charge on any atom is 0.269 e. The number of carbonyl (C=O) groups is 1. The van der Waals surface area contributed by atoms with Gasteiger partial charge < -0.3 is 24.6 Å². The number of piperidine rings is 1. The summed E-state index contributed by atoms with van der Waals surface area (Å²) in [4.78, 5) is 14.9. The Bertz CT molecular complexity index is 1070. The first kappa shape index (κ1) is 24.3. The number of nitrogens with one attached hydrogen (secondary N) is 1. The average molecular weight is 502 g/mol. The van der Waals surface area contributed by atoms with E-state index in [1.807, 2.05) is 17.1 Å². The summed E-state index contributed by atoms with van der Waals surface area (Å²) in [5, 5.41) is 23.2. The summed E-state index contributed by atoms with van der Waals surface area (Å²) < 4.78 is 12.0. The molecule has 9 heteroatoms. The molecule has 3 aliphatic heterocycles. The summed E-state index contributed by atoms with van der Waals surface area (Å²) in [6.45, 7) is 4.30. The molecule has 5 rings (SSSR count). The third-order valence-corrected chi connectivity index (χ3v) is 7.44. The van der Waals surface area contributed by atoms with Gasteiger partial charge in [-0.2, -0.15) is 0 Å². The van der Waals surface area contributed by atoms with E-state index in [0.717, 1.165) is 62.4 Å². The summed E-state index contributed by atoms with van der Waals surface area (Å²) >= 11 is 6.14. The molecule has 1 spiro atoms. The minimum Gasteiger partial charge on any atom is -0.508 e. The second-order valence-corrected chi connectivity index (χ2v) is 10.1. The number of carbonyl (C=O) groups excluding carboxylic acids is 1. The smallest absolute Gasteiger partial charge is 0.269 e. The first-order valence-corrected chi connectivity index (χ1v) is 12.6. The summed E-state index contributed by atoms with van der Waals surface area (Å²) in [5.74, 6) is -0.0181. The van der Waals surface area contributed by atoms with Gasteiger partial charge in [-0.3, -0.25) is 10.2 Å². The van der Waals surface area contributed by atoms with Crippen LogP contribution in [0.1, 0.15) is 47.2 Å². The number of nitrogens with zero attached hydrogens (tertiary/aromatic N) is 2. The van der Waals surface area contributed by atoms with Crippen LogP contribution in [-0.4, -0.2) is 71.5 Å². The second-order valence-electron chi connectivity index (χ2n) is 9.67. The zero-order valence-corrected chi connectivity index (χ0v) is 20.5. The molecule has 35 heavy (non-hydrogen) atoms. The van der Waals surface area contributed by atoms with Gasteiger partial charge in [-0.15, -0.1) is 0 Å². The average Bonchev–Trinajstić information content (AvgIpc) is 3.47. The van der Waals surface area contributed by atoms with Crippen LogP contribution >= 0.6 is 11.6 Å². The monoisotopic (exact) mass is 501 g/mol. The molecule has 1 atom stereocenters. The van der Waals surface area contributed by atoms with Crippen LogP contribution in [0.5, 0.6) is 11.5 Å². The lowest BCUT2D eigenvalue weighted by Crippen LogP contribution is -2.46. The third-order valence-electron chi connectivity index (χ3n) is 7.20. The van der Waals surface area contributed by atoms with Crippen molar-refractivity contribution < 1.29 is 24.5 Å². The number of rotatable bonds is 7. The number of fused-ring (bicyclic) bond motifs is 2. The predicted octanol–water partition coefficient (Wildman–Crippen LogP) is 3.05. The van der Waals surface area contributed by atoms with E-state index >= 15 is 0 Å². The fourth-order valence-electron chi connectivity index (χ4n) is 5.32. The number of hydrogen-bond acceptors (Lipinski definition) is 7. The van der Waals surface area contributed by atoms with Crippen molar-refractivity contribution in [2.75, 3.05) is 39.3 Å². The van der Waals surface area contributed by atoms with Crippen LogP contribution in [-0.2, 0) is 16.9 Å². The molecule has 2 aromatic carbocycles. The van der Waals surface area contributed by atoms with Crippen molar-refractivity contribution in [3.05, 3.63) is 58.1 Å². The standard InChI is InChI=1S/C26H32ClN3O5/c27-19-3-6-23-18(13-19)16-35-26(23)7-11-29(12-8-26)15-21(32)17-34-24-14-20(31)4-5-22(24)25(33)28-30-9-1-2-10-30/h3-6,13-14,21,31-32H,1-2,7-12,15-17H2,(H,28,33)/t21-/m1/s1. The number of ether oxygens (including phenoxy) is 2. The highest BCUT2D eigenvalue weighted by molar-refractivity contribution is 6.30. The lowest BCUT2D eigenvalue weighted by atomic mass is 9.84. The number of aliphatic hydroxyl groups excluding tert-OH is 1. The van der Waals surface area contributed by atoms with Crippen LogP contribution in [0.25, 0.3) is 0 Å². The van der Waals surface area contributed by atoms with Gasteiger partial charge in [-0.1, -0.05) is 17.7 Å². The van der Waals surface area contributed by atoms with Gasteiger partial charge in [0, 0.05) is 43.8 Å². The van der Waals surface area contributed by atoms with Crippen molar-refractivity contribution >= 4 is 17.5 Å². The number of aromatic hydroxyl groups is 1. The summed E-state index contributed by atoms with van der Waals surface area (Å²) in [7, 11) is 0. The number of hydrazine groups is 1. The third kappa shape index (κ3) is 5.42. The van der Waals surface area contributed by atoms with E-state index < -0.39 is 6.10 Å². The van der Waals surface area contributed by atoms with Gasteiger partial charge in [0.15, 0.2) is 0 Å². The predicted molar refractivity (Wildman–Crippen MR) is 131 cm³/mol. The highest BCUT2D eigenvalue weighted by Gasteiger charge is 2.42. The van der Waals surface area contributed by atoms with Crippen LogP contribution < -0.4 is 10.2 Å². The number of likely N-dealkylation sites (tertiary alicyclic amines) is 1. The molecule has 0 aliphatic carbocycles. The van der Waals surface area contributed by atoms with Crippen LogP contribution in [0, 0.1) is 0 Å². The highest BCUT2D eigenvalue weighted by atomic mass is 35.5. The van der Waals surface area contributed by atoms with Crippen molar-refractivity contribution in [3.8, 4) is 11.5 Å². The minimum atomic E-state index is -0.739. The Morgan fingerprint density at radius 3 is 2.69 bits per heavy atom. The summed E-state index contributed by atoms with van der Waals surface area (Å²) in [5.41, 5.74) is 5.34. The molecular formula is C26H32ClN3O5. The molecule has 2 fully saturated rings. The molecule has 2 aromatic rings. The molecule has 0 radical (unpaired) electrons. The molecule has 0 bridgehead atoms. The van der Waals surface area contributed by atoms with Crippen LogP contribution in [0.3, 0.4) is 0 Å². The SMILES string of the molecule is O=C(NN1CCCC1)c1ccc(O)cc1OC[C@H](O)CN1CCC2(CC1)OCc1cc(Cl)ccc12. The van der Waals surface area contributed by atoms with E-state index in [2.05, 4.69) is 16.4 Å². The van der Waals surface area contributed by atoms with E-state index in [1.165, 1.54) is 17.7 Å². The molecule has 0 saturated carbocycles. The number of phenols is 1. The molecule has 3 heterocycles. The summed E-state index contributed by atoms with van der Waals surface area (Å²) in [6, 6.07) is 10.4. The lowest BCUT2D eigenvalue weighted by molar-refractivity contribution is -0.0835. The van der Waals surface area contributed by atoms with Crippen molar-refractivity contribution in [1.29, 1.82) is 0 Å². The first-order chi connectivity index (χ1) is 16.9. The highest BCUT2D eigenvalue weighted by Crippen LogP contribution is 2.44. The Kier molecular flexibility index (Phi) is 7.18. The Balaban J connectivity index is 1.14. The van der Waals surface area contributed by atoms with Crippen molar-refractivity contribution in [1.82, 2.24) is 15.3 Å². The normalized spacial score (nSPS) is 20.6. The number of phenolic OH excluding ortho intramolecular Hbond substituents is 1. The Labute approximate surface area is 210 Å². The van der Waals surface area contributed by atoms with Gasteiger partial charge in [0.25, 0.3) is 5.91 Å². The largest absolute Gasteiger partial charge is 0.508 e.